The predicted octanol–water partition coefficient (Wildman–Crippen LogP) is 4.77. The zero-order valence-corrected chi connectivity index (χ0v) is 16.6. The van der Waals surface area contributed by atoms with E-state index in [1.165, 1.54) is 0 Å². The average molecular weight is 385 g/mol. The van der Waals surface area contributed by atoms with Crippen LogP contribution in [0.4, 0.5) is 5.69 Å². The van der Waals surface area contributed by atoms with Crippen LogP contribution in [0.3, 0.4) is 0 Å². The molecule has 0 radical (unpaired) electrons. The van der Waals surface area contributed by atoms with Gasteiger partial charge in [-0.05, 0) is 55.5 Å². The number of amides is 1. The highest BCUT2D eigenvalue weighted by molar-refractivity contribution is 5.94. The third-order valence-electron chi connectivity index (χ3n) is 4.98. The van der Waals surface area contributed by atoms with E-state index in [0.29, 0.717) is 6.54 Å². The molecule has 0 atom stereocenters. The Balaban J connectivity index is 1.74. The summed E-state index contributed by atoms with van der Waals surface area (Å²) in [6, 6.07) is 25.4. The summed E-state index contributed by atoms with van der Waals surface area (Å²) in [7, 11) is 1.64. The predicted molar refractivity (Wildman–Crippen MR) is 116 cm³/mol. The van der Waals surface area contributed by atoms with Crippen molar-refractivity contribution in [3.63, 3.8) is 0 Å². The lowest BCUT2D eigenvalue weighted by Gasteiger charge is -2.22. The average Bonchev–Trinajstić information content (AvgIpc) is 3.13. The van der Waals surface area contributed by atoms with Gasteiger partial charge in [0.25, 0.3) is 0 Å². The zero-order chi connectivity index (χ0) is 20.2. The van der Waals surface area contributed by atoms with Crippen molar-refractivity contribution in [2.75, 3.05) is 18.6 Å². The van der Waals surface area contributed by atoms with Gasteiger partial charge in [0.15, 0.2) is 0 Å². The Bertz CT molecular complexity index is 1120. The number of imidazole rings is 1. The van der Waals surface area contributed by atoms with E-state index >= 15 is 0 Å². The Morgan fingerprint density at radius 2 is 1.66 bits per heavy atom. The molecule has 5 heteroatoms. The van der Waals surface area contributed by atoms with Crippen LogP contribution in [0.5, 0.6) is 5.75 Å². The van der Waals surface area contributed by atoms with Gasteiger partial charge in [-0.2, -0.15) is 0 Å². The van der Waals surface area contributed by atoms with Gasteiger partial charge in [-0.3, -0.25) is 4.79 Å². The molecule has 0 aliphatic heterocycles. The largest absolute Gasteiger partial charge is 0.497 e. The number of likely N-dealkylation sites (N-methyl/N-ethyl adjacent to an activating group) is 1. The van der Waals surface area contributed by atoms with E-state index in [1.54, 1.807) is 12.0 Å². The van der Waals surface area contributed by atoms with Crippen LogP contribution in [0.25, 0.3) is 22.4 Å². The number of hydrogen-bond acceptors (Lipinski definition) is 3. The minimum atomic E-state index is 0.0246. The first-order chi connectivity index (χ1) is 14.2. The molecule has 29 heavy (non-hydrogen) atoms. The van der Waals surface area contributed by atoms with E-state index in [0.717, 1.165) is 33.9 Å². The van der Waals surface area contributed by atoms with E-state index in [2.05, 4.69) is 0 Å². The number of aromatic nitrogens is 2. The molecule has 0 unspecified atom stereocenters. The highest BCUT2D eigenvalue weighted by atomic mass is 16.5. The lowest BCUT2D eigenvalue weighted by Crippen LogP contribution is -2.33. The standard InChI is InChI=1S/C24H23N3O2/c1-3-26(19-9-5-4-6-10-19)23(28)17-27-22-12-8-7-11-21(22)25-24(27)18-13-15-20(29-2)16-14-18/h4-16H,3,17H2,1-2H3. The number of benzene rings is 3. The SMILES string of the molecule is CCN(C(=O)Cn1c(-c2ccc(OC)cc2)nc2ccccc21)c1ccccc1. The second-order valence-corrected chi connectivity index (χ2v) is 6.71. The number of hydrogen-bond donors (Lipinski definition) is 0. The molecule has 0 N–H and O–H groups in total. The van der Waals surface area contributed by atoms with Gasteiger partial charge >= 0.3 is 0 Å². The summed E-state index contributed by atoms with van der Waals surface area (Å²) in [5.74, 6) is 1.58. The first-order valence-electron chi connectivity index (χ1n) is 9.66. The molecule has 0 fully saturated rings. The first-order valence-corrected chi connectivity index (χ1v) is 9.66. The van der Waals surface area contributed by atoms with Gasteiger partial charge in [0.1, 0.15) is 18.1 Å². The molecular weight excluding hydrogens is 362 g/mol. The number of para-hydroxylation sites is 3. The van der Waals surface area contributed by atoms with E-state index in [4.69, 9.17) is 9.72 Å². The van der Waals surface area contributed by atoms with Crippen molar-refractivity contribution in [3.05, 3.63) is 78.9 Å². The Morgan fingerprint density at radius 3 is 2.34 bits per heavy atom. The Hall–Kier alpha value is -3.60. The topological polar surface area (TPSA) is 47.4 Å². The van der Waals surface area contributed by atoms with Crippen molar-refractivity contribution in [1.29, 1.82) is 0 Å². The number of carbonyl (C=O) groups is 1. The lowest BCUT2D eigenvalue weighted by atomic mass is 10.2. The maximum Gasteiger partial charge on any atom is 0.246 e. The molecule has 1 amide bonds. The van der Waals surface area contributed by atoms with Crippen LogP contribution in [0, 0.1) is 0 Å². The molecule has 3 aromatic carbocycles. The molecule has 5 nitrogen and oxygen atoms in total. The van der Waals surface area contributed by atoms with Crippen LogP contribution >= 0.6 is 0 Å². The van der Waals surface area contributed by atoms with Gasteiger partial charge in [0, 0.05) is 17.8 Å². The van der Waals surface area contributed by atoms with Crippen molar-refractivity contribution >= 4 is 22.6 Å². The molecule has 0 saturated carbocycles. The van der Waals surface area contributed by atoms with Crippen molar-refractivity contribution in [2.24, 2.45) is 0 Å². The summed E-state index contributed by atoms with van der Waals surface area (Å²) < 4.78 is 7.26. The number of methoxy groups -OCH3 is 1. The van der Waals surface area contributed by atoms with Gasteiger partial charge in [-0.15, -0.1) is 0 Å². The van der Waals surface area contributed by atoms with Crippen LogP contribution < -0.4 is 9.64 Å². The molecule has 1 aromatic heterocycles. The summed E-state index contributed by atoms with van der Waals surface area (Å²) in [6.07, 6.45) is 0. The minimum Gasteiger partial charge on any atom is -0.497 e. The molecule has 0 aliphatic carbocycles. The molecule has 4 aromatic rings. The highest BCUT2D eigenvalue weighted by Gasteiger charge is 2.19. The van der Waals surface area contributed by atoms with Gasteiger partial charge in [-0.25, -0.2) is 4.98 Å². The fourth-order valence-corrected chi connectivity index (χ4v) is 3.53. The van der Waals surface area contributed by atoms with Crippen molar-refractivity contribution in [2.45, 2.75) is 13.5 Å². The molecular formula is C24H23N3O2. The Morgan fingerprint density at radius 1 is 0.966 bits per heavy atom. The minimum absolute atomic E-state index is 0.0246. The summed E-state index contributed by atoms with van der Waals surface area (Å²) >= 11 is 0. The summed E-state index contributed by atoms with van der Waals surface area (Å²) in [5, 5.41) is 0. The van der Waals surface area contributed by atoms with Crippen LogP contribution in [0.1, 0.15) is 6.92 Å². The van der Waals surface area contributed by atoms with E-state index in [-0.39, 0.29) is 12.5 Å². The molecule has 146 valence electrons. The maximum atomic E-state index is 13.2. The molecule has 0 aliphatic rings. The van der Waals surface area contributed by atoms with Crippen LogP contribution in [-0.2, 0) is 11.3 Å². The molecule has 0 saturated heterocycles. The fourth-order valence-electron chi connectivity index (χ4n) is 3.53. The van der Waals surface area contributed by atoms with Gasteiger partial charge < -0.3 is 14.2 Å². The summed E-state index contributed by atoms with van der Waals surface area (Å²) in [6.45, 7) is 2.80. The van der Waals surface area contributed by atoms with Crippen LogP contribution in [0.15, 0.2) is 78.9 Å². The molecule has 0 spiro atoms. The molecule has 0 bridgehead atoms. The zero-order valence-electron chi connectivity index (χ0n) is 16.6. The fraction of sp³-hybridized carbons (Fsp3) is 0.167. The number of fused-ring (bicyclic) bond motifs is 1. The monoisotopic (exact) mass is 385 g/mol. The molecule has 4 rings (SSSR count). The van der Waals surface area contributed by atoms with Gasteiger partial charge in [0.2, 0.25) is 5.91 Å². The Kier molecular flexibility index (Phi) is 5.29. The van der Waals surface area contributed by atoms with Crippen molar-refractivity contribution in [1.82, 2.24) is 9.55 Å². The van der Waals surface area contributed by atoms with Crippen LogP contribution in [-0.4, -0.2) is 29.1 Å². The Labute approximate surface area is 170 Å². The third-order valence-corrected chi connectivity index (χ3v) is 4.98. The number of ether oxygens (including phenoxy) is 1. The second kappa shape index (κ2) is 8.19. The lowest BCUT2D eigenvalue weighted by molar-refractivity contribution is -0.119. The van der Waals surface area contributed by atoms with E-state index < -0.39 is 0 Å². The highest BCUT2D eigenvalue weighted by Crippen LogP contribution is 2.27. The van der Waals surface area contributed by atoms with E-state index in [1.807, 2.05) is 90.4 Å². The quantitative estimate of drug-likeness (QED) is 0.481. The molecule has 1 heterocycles. The second-order valence-electron chi connectivity index (χ2n) is 6.71. The van der Waals surface area contributed by atoms with Crippen LogP contribution in [0.2, 0.25) is 0 Å². The number of carbonyl (C=O) groups excluding carboxylic acids is 1. The first kappa shape index (κ1) is 18.7. The smallest absolute Gasteiger partial charge is 0.246 e. The van der Waals surface area contributed by atoms with Gasteiger partial charge in [-0.1, -0.05) is 30.3 Å². The van der Waals surface area contributed by atoms with Crippen molar-refractivity contribution < 1.29 is 9.53 Å². The van der Waals surface area contributed by atoms with Crippen molar-refractivity contribution in [3.8, 4) is 17.1 Å². The summed E-state index contributed by atoms with van der Waals surface area (Å²) in [4.78, 5) is 19.8. The summed E-state index contributed by atoms with van der Waals surface area (Å²) in [5.41, 5.74) is 3.65. The maximum absolute atomic E-state index is 13.2. The number of rotatable bonds is 6. The number of anilines is 1. The van der Waals surface area contributed by atoms with Gasteiger partial charge in [0.05, 0.1) is 18.1 Å². The third kappa shape index (κ3) is 3.72. The normalized spacial score (nSPS) is 10.8. The van der Waals surface area contributed by atoms with E-state index in [9.17, 15) is 4.79 Å². The number of nitrogens with zero attached hydrogens (tertiary/aromatic N) is 3.